The number of hydrogen-bond acceptors (Lipinski definition) is 7. The number of ether oxygens (including phenoxy) is 4. The zero-order valence-electron chi connectivity index (χ0n) is 18.5. The van der Waals surface area contributed by atoms with Gasteiger partial charge in [0.1, 0.15) is 12.2 Å². The van der Waals surface area contributed by atoms with Gasteiger partial charge in [-0.2, -0.15) is 0 Å². The lowest BCUT2D eigenvalue weighted by Gasteiger charge is -2.18. The summed E-state index contributed by atoms with van der Waals surface area (Å²) >= 11 is 0. The first-order valence-corrected chi connectivity index (χ1v) is 10.3. The van der Waals surface area contributed by atoms with Crippen molar-refractivity contribution in [3.63, 3.8) is 0 Å². The summed E-state index contributed by atoms with van der Waals surface area (Å²) < 4.78 is 20.4. The van der Waals surface area contributed by atoms with Crippen molar-refractivity contribution in [2.24, 2.45) is 0 Å². The molecule has 0 aliphatic heterocycles. The largest absolute Gasteiger partial charge is 0.509 e. The molecule has 2 N–H and O–H groups in total. The van der Waals surface area contributed by atoms with Gasteiger partial charge in [-0.25, -0.2) is 14.4 Å². The minimum absolute atomic E-state index is 0.261. The molecule has 0 bridgehead atoms. The van der Waals surface area contributed by atoms with Crippen molar-refractivity contribution in [3.8, 4) is 0 Å². The van der Waals surface area contributed by atoms with E-state index in [-0.39, 0.29) is 13.2 Å². The van der Waals surface area contributed by atoms with E-state index < -0.39 is 30.5 Å². The second-order valence-corrected chi connectivity index (χ2v) is 6.71. The molecule has 0 saturated heterocycles. The summed E-state index contributed by atoms with van der Waals surface area (Å²) in [6.07, 6.45) is -3.21. The Morgan fingerprint density at radius 2 is 1.16 bits per heavy atom. The Morgan fingerprint density at radius 1 is 0.750 bits per heavy atom. The highest BCUT2D eigenvalue weighted by Gasteiger charge is 2.18. The summed E-state index contributed by atoms with van der Waals surface area (Å²) in [6.45, 7) is 7.34. The lowest BCUT2D eigenvalue weighted by molar-refractivity contribution is 0.00625. The van der Waals surface area contributed by atoms with E-state index in [0.29, 0.717) is 22.5 Å². The number of carbonyl (C=O) groups excluding carboxylic acids is 3. The van der Waals surface area contributed by atoms with E-state index in [4.69, 9.17) is 18.9 Å². The number of carbonyl (C=O) groups is 3. The van der Waals surface area contributed by atoms with Gasteiger partial charge in [0.15, 0.2) is 0 Å². The number of hydrogen-bond donors (Lipinski definition) is 2. The van der Waals surface area contributed by atoms with Crippen LogP contribution in [0, 0.1) is 0 Å². The van der Waals surface area contributed by atoms with Crippen LogP contribution >= 0.6 is 0 Å². The lowest BCUT2D eigenvalue weighted by Crippen LogP contribution is -2.15. The van der Waals surface area contributed by atoms with Crippen molar-refractivity contribution in [1.29, 1.82) is 0 Å². The quantitative estimate of drug-likeness (QED) is 0.391. The summed E-state index contributed by atoms with van der Waals surface area (Å²) in [6, 6.07) is 13.8. The van der Waals surface area contributed by atoms with Gasteiger partial charge in [-0.1, -0.05) is 24.3 Å². The molecule has 9 heteroatoms. The fraction of sp³-hybridized carbons (Fsp3) is 0.348. The molecule has 2 amide bonds. The number of rotatable bonds is 8. The number of amides is 2. The monoisotopic (exact) mass is 444 g/mol. The molecule has 2 atom stereocenters. The van der Waals surface area contributed by atoms with E-state index in [0.717, 1.165) is 0 Å². The minimum atomic E-state index is -0.850. The summed E-state index contributed by atoms with van der Waals surface area (Å²) in [5, 5.41) is 5.20. The van der Waals surface area contributed by atoms with Gasteiger partial charge in [-0.15, -0.1) is 0 Å². The molecule has 0 aromatic heterocycles. The topological polar surface area (TPSA) is 112 Å². The minimum Gasteiger partial charge on any atom is -0.450 e. The third-order valence-corrected chi connectivity index (χ3v) is 4.30. The molecule has 0 spiro atoms. The smallest absolute Gasteiger partial charge is 0.450 e. The summed E-state index contributed by atoms with van der Waals surface area (Å²) in [4.78, 5) is 35.4. The van der Waals surface area contributed by atoms with Crippen LogP contribution in [0.1, 0.15) is 51.0 Å². The van der Waals surface area contributed by atoms with E-state index in [1.165, 1.54) is 0 Å². The van der Waals surface area contributed by atoms with Crippen LogP contribution in [0.4, 0.5) is 25.8 Å². The van der Waals surface area contributed by atoms with Crippen LogP contribution in [0.25, 0.3) is 0 Å². The van der Waals surface area contributed by atoms with Gasteiger partial charge in [-0.05, 0) is 63.1 Å². The maximum absolute atomic E-state index is 12.3. The van der Waals surface area contributed by atoms with Gasteiger partial charge < -0.3 is 18.9 Å². The molecule has 0 radical (unpaired) electrons. The molecule has 172 valence electrons. The fourth-order valence-electron chi connectivity index (χ4n) is 2.76. The van der Waals surface area contributed by atoms with E-state index in [2.05, 4.69) is 10.6 Å². The van der Waals surface area contributed by atoms with E-state index in [9.17, 15) is 14.4 Å². The number of benzene rings is 2. The van der Waals surface area contributed by atoms with Gasteiger partial charge in [0.25, 0.3) is 0 Å². The van der Waals surface area contributed by atoms with Crippen LogP contribution in [-0.2, 0) is 18.9 Å². The zero-order chi connectivity index (χ0) is 23.5. The molecule has 2 rings (SSSR count). The summed E-state index contributed by atoms with van der Waals surface area (Å²) in [5.74, 6) is 0. The van der Waals surface area contributed by atoms with Crippen LogP contribution in [0.15, 0.2) is 48.5 Å². The van der Waals surface area contributed by atoms with Crippen molar-refractivity contribution in [2.45, 2.75) is 39.9 Å². The Bertz CT molecular complexity index is 859. The standard InChI is InChI=1S/C23H28N2O7/c1-5-29-21(26)24-19-11-7-9-17(13-19)15(3)31-23(28)32-16(4)18-10-8-12-20(14-18)25-22(27)30-6-2/h7-16H,5-6H2,1-4H3,(H,24,26)(H,25,27). The Morgan fingerprint density at radius 3 is 1.53 bits per heavy atom. The van der Waals surface area contributed by atoms with Gasteiger partial charge in [0, 0.05) is 11.4 Å². The average Bonchev–Trinajstić information content (AvgIpc) is 2.74. The molecule has 0 aliphatic rings. The molecule has 0 heterocycles. The first-order valence-electron chi connectivity index (χ1n) is 10.3. The third kappa shape index (κ3) is 7.82. The van der Waals surface area contributed by atoms with Gasteiger partial charge in [-0.3, -0.25) is 10.6 Å². The van der Waals surface area contributed by atoms with Crippen LogP contribution in [0.5, 0.6) is 0 Å². The van der Waals surface area contributed by atoms with E-state index in [1.54, 1.807) is 76.2 Å². The van der Waals surface area contributed by atoms with Crippen LogP contribution in [-0.4, -0.2) is 31.6 Å². The van der Waals surface area contributed by atoms with Crippen molar-refractivity contribution in [1.82, 2.24) is 0 Å². The molecular weight excluding hydrogens is 416 g/mol. The molecule has 2 aromatic rings. The van der Waals surface area contributed by atoms with Gasteiger partial charge >= 0.3 is 18.3 Å². The number of anilines is 2. The molecule has 0 aliphatic carbocycles. The van der Waals surface area contributed by atoms with Crippen molar-refractivity contribution < 1.29 is 33.3 Å². The molecular formula is C23H28N2O7. The maximum Gasteiger partial charge on any atom is 0.509 e. The Balaban J connectivity index is 1.94. The summed E-state index contributed by atoms with van der Waals surface area (Å²) in [5.41, 5.74) is 2.38. The highest BCUT2D eigenvalue weighted by Crippen LogP contribution is 2.24. The normalized spacial score (nSPS) is 12.1. The first kappa shape index (κ1) is 24.5. The van der Waals surface area contributed by atoms with Crippen molar-refractivity contribution in [3.05, 3.63) is 59.7 Å². The Kier molecular flexibility index (Phi) is 9.34. The summed E-state index contributed by atoms with van der Waals surface area (Å²) in [7, 11) is 0. The van der Waals surface area contributed by atoms with Gasteiger partial charge in [0.05, 0.1) is 13.2 Å². The molecule has 2 aromatic carbocycles. The zero-order valence-corrected chi connectivity index (χ0v) is 18.5. The Hall–Kier alpha value is -3.75. The maximum atomic E-state index is 12.3. The third-order valence-electron chi connectivity index (χ3n) is 4.30. The van der Waals surface area contributed by atoms with Crippen molar-refractivity contribution in [2.75, 3.05) is 23.8 Å². The Labute approximate surface area is 187 Å². The number of nitrogens with one attached hydrogen (secondary N) is 2. The second-order valence-electron chi connectivity index (χ2n) is 6.71. The second kappa shape index (κ2) is 12.2. The molecule has 32 heavy (non-hydrogen) atoms. The predicted molar refractivity (Wildman–Crippen MR) is 119 cm³/mol. The van der Waals surface area contributed by atoms with Crippen LogP contribution < -0.4 is 10.6 Å². The SMILES string of the molecule is CCOC(=O)Nc1cccc(C(C)OC(=O)OC(C)c2cccc(NC(=O)OCC)c2)c1. The van der Waals surface area contributed by atoms with E-state index in [1.807, 2.05) is 0 Å². The lowest BCUT2D eigenvalue weighted by atomic mass is 10.1. The molecule has 0 saturated carbocycles. The first-order chi connectivity index (χ1) is 15.3. The molecule has 2 unspecified atom stereocenters. The van der Waals surface area contributed by atoms with Gasteiger partial charge in [0.2, 0.25) is 0 Å². The highest BCUT2D eigenvalue weighted by molar-refractivity contribution is 5.85. The predicted octanol–water partition coefficient (Wildman–Crippen LogP) is 5.80. The highest BCUT2D eigenvalue weighted by atomic mass is 16.7. The fourth-order valence-corrected chi connectivity index (χ4v) is 2.76. The van der Waals surface area contributed by atoms with Crippen molar-refractivity contribution >= 4 is 29.7 Å². The molecule has 9 nitrogen and oxygen atoms in total. The molecule has 0 fully saturated rings. The van der Waals surface area contributed by atoms with Crippen LogP contribution in [0.2, 0.25) is 0 Å². The average molecular weight is 444 g/mol. The van der Waals surface area contributed by atoms with Crippen LogP contribution in [0.3, 0.4) is 0 Å². The van der Waals surface area contributed by atoms with E-state index >= 15 is 0 Å².